The van der Waals surface area contributed by atoms with Crippen LogP contribution in [0.4, 0.5) is 0 Å². The Morgan fingerprint density at radius 2 is 0.446 bits per heavy atom. The molecule has 16 rings (SSSR count). The lowest BCUT2D eigenvalue weighted by Crippen LogP contribution is -2.67. The van der Waals surface area contributed by atoms with Gasteiger partial charge >= 0.3 is 42.8 Å². The topological polar surface area (TPSA) is 109 Å². The summed E-state index contributed by atoms with van der Waals surface area (Å²) in [6.07, 6.45) is 25.2. The minimum absolute atomic E-state index is 0.536. The highest BCUT2D eigenvalue weighted by atomic mass is 28.5. The van der Waals surface area contributed by atoms with Gasteiger partial charge in [-0.2, -0.15) is 0 Å². The maximum absolute atomic E-state index is 8.14. The Morgan fingerprint density at radius 3 is 0.600 bits per heavy atom. The van der Waals surface area contributed by atoms with Crippen LogP contribution >= 0.6 is 0 Å². The summed E-state index contributed by atoms with van der Waals surface area (Å²) in [6.45, 7) is 12.5. The lowest BCUT2D eigenvalue weighted by Gasteiger charge is -2.51. The highest BCUT2D eigenvalue weighted by molar-refractivity contribution is 6.94. The fourth-order valence-electron chi connectivity index (χ4n) is 20.5. The predicted molar refractivity (Wildman–Crippen MR) is 252 cm³/mol. The lowest BCUT2D eigenvalue weighted by molar-refractivity contribution is 0.205. The molecule has 6 saturated heterocycles. The van der Waals surface area contributed by atoms with E-state index in [-0.39, 0.29) is 0 Å². The van der Waals surface area contributed by atoms with Crippen LogP contribution in [0.3, 0.4) is 0 Å². The van der Waals surface area contributed by atoms with Crippen LogP contribution in [0.5, 0.6) is 0 Å². The molecule has 360 valence electrons. The van der Waals surface area contributed by atoms with Crippen molar-refractivity contribution < 1.29 is 44.3 Å². The monoisotopic (exact) mass is 980 g/mol. The van der Waals surface area contributed by atoms with Gasteiger partial charge in [0.2, 0.25) is 0 Å². The Labute approximate surface area is 394 Å². The zero-order valence-corrected chi connectivity index (χ0v) is 45.2. The summed E-state index contributed by atoms with van der Waals surface area (Å²) in [5, 5.41) is 0. The normalized spacial score (nSPS) is 65.8. The van der Waals surface area contributed by atoms with Crippen molar-refractivity contribution in [1.29, 1.82) is 0 Å². The van der Waals surface area contributed by atoms with Crippen LogP contribution in [-0.2, 0) is 44.3 Å². The number of ether oxygens (including phenoxy) is 5. The number of hydrogen-bond acceptors (Lipinski definition) is 10. The zero-order valence-electron chi connectivity index (χ0n) is 40.2. The van der Waals surface area contributed by atoms with E-state index in [1.165, 1.54) is 96.3 Å². The molecule has 0 N–H and O–H groups in total. The van der Waals surface area contributed by atoms with Crippen molar-refractivity contribution in [1.82, 2.24) is 0 Å². The fraction of sp³-hybridized carbons (Fsp3) is 1.00. The van der Waals surface area contributed by atoms with Gasteiger partial charge in [0.1, 0.15) is 0 Å². The summed E-state index contributed by atoms with van der Waals surface area (Å²) < 4.78 is 71.9. The molecule has 10 nitrogen and oxygen atoms in total. The van der Waals surface area contributed by atoms with Gasteiger partial charge in [-0.15, -0.1) is 0 Å². The number of fused-ring (bicyclic) bond motifs is 25. The molecule has 16 aliphatic rings. The van der Waals surface area contributed by atoms with Gasteiger partial charge in [0, 0.05) is 0 Å². The first kappa shape index (κ1) is 42.2. The molecule has 0 radical (unpaired) electrons. The van der Waals surface area contributed by atoms with Crippen molar-refractivity contribution in [3.05, 3.63) is 0 Å². The van der Waals surface area contributed by atoms with Crippen molar-refractivity contribution in [2.24, 2.45) is 88.8 Å². The van der Waals surface area contributed by atoms with Crippen LogP contribution < -0.4 is 0 Å². The average molecular weight is 982 g/mol. The molecule has 10 aliphatic carbocycles. The zero-order chi connectivity index (χ0) is 43.1. The number of hydrogen-bond donors (Lipinski definition) is 0. The van der Waals surface area contributed by atoms with Crippen LogP contribution in [-0.4, -0.2) is 104 Å². The summed E-state index contributed by atoms with van der Waals surface area (Å²) in [5.74, 6) is 11.3. The smallest absolute Gasteiger partial charge is 0.317 e. The molecule has 65 heavy (non-hydrogen) atoms. The van der Waals surface area contributed by atoms with E-state index < -0.39 is 42.8 Å². The van der Waals surface area contributed by atoms with Crippen LogP contribution in [0.25, 0.3) is 0 Å². The van der Waals surface area contributed by atoms with E-state index in [0.29, 0.717) is 61.0 Å². The lowest BCUT2D eigenvalue weighted by atomic mass is 9.87. The van der Waals surface area contributed by atoms with Crippen molar-refractivity contribution in [3.8, 4) is 0 Å². The van der Waals surface area contributed by atoms with E-state index in [1.54, 1.807) is 0 Å². The minimum Gasteiger partial charge on any atom is -0.416 e. The van der Waals surface area contributed by atoms with Crippen LogP contribution in [0.15, 0.2) is 0 Å². The summed E-state index contributed by atoms with van der Waals surface area (Å²) >= 11 is 0. The second-order valence-electron chi connectivity index (χ2n) is 27.5. The number of epoxide rings is 5. The molecule has 6 heterocycles. The van der Waals surface area contributed by atoms with Crippen molar-refractivity contribution in [2.75, 3.05) is 0 Å². The molecule has 16 fully saturated rings. The van der Waals surface area contributed by atoms with Crippen molar-refractivity contribution in [3.63, 3.8) is 0 Å². The largest absolute Gasteiger partial charge is 0.416 e. The van der Waals surface area contributed by atoms with Crippen molar-refractivity contribution >= 4 is 42.8 Å². The Hall–Kier alpha value is 0.684. The molecule has 0 spiro atoms. The van der Waals surface area contributed by atoms with E-state index >= 15 is 0 Å². The van der Waals surface area contributed by atoms with E-state index in [4.69, 9.17) is 44.3 Å². The highest BCUT2D eigenvalue weighted by Gasteiger charge is 2.68. The van der Waals surface area contributed by atoms with E-state index in [1.807, 2.05) is 0 Å². The standard InChI is InChI=1S/C50H80O10Si5/c1-61(11-6-26-16-31-21-36(26)46-41(31)51-46)56-62(2,12-7-27-17-32-22-37(27)47-42(32)52-47)58-64(4,14-9-29-19-34-24-39(29)49-44(34)54-49)60-65(5,15-10-30-20-35-25-40(30)50-45(35)55-50)59-63(3,57-61)13-8-28-18-33-23-38(28)48-43(33)53-48/h26-50H,6-25H2,1-5H3. The molecule has 0 aromatic carbocycles. The van der Waals surface area contributed by atoms with Gasteiger partial charge in [0.15, 0.2) is 0 Å². The summed E-state index contributed by atoms with van der Waals surface area (Å²) in [6, 6.07) is 5.24. The summed E-state index contributed by atoms with van der Waals surface area (Å²) in [4.78, 5) is 0. The van der Waals surface area contributed by atoms with Crippen molar-refractivity contribution in [2.45, 2.75) is 220 Å². The maximum Gasteiger partial charge on any atom is 0.317 e. The van der Waals surface area contributed by atoms with Gasteiger partial charge in [-0.1, -0.05) is 0 Å². The van der Waals surface area contributed by atoms with Gasteiger partial charge in [0.25, 0.3) is 0 Å². The Balaban J connectivity index is 0.738. The van der Waals surface area contributed by atoms with Gasteiger partial charge in [0.05, 0.1) is 61.0 Å². The van der Waals surface area contributed by atoms with E-state index in [2.05, 4.69) is 32.7 Å². The Bertz CT molecular complexity index is 1640. The summed E-state index contributed by atoms with van der Waals surface area (Å²) in [5.41, 5.74) is 0. The van der Waals surface area contributed by atoms with E-state index in [0.717, 1.165) is 119 Å². The van der Waals surface area contributed by atoms with Crippen LogP contribution in [0.1, 0.15) is 96.3 Å². The molecule has 0 aromatic rings. The van der Waals surface area contributed by atoms with Gasteiger partial charge < -0.3 is 44.3 Å². The first-order valence-electron chi connectivity index (χ1n) is 28.0. The van der Waals surface area contributed by atoms with Gasteiger partial charge in [-0.05, 0) is 248 Å². The first-order valence-corrected chi connectivity index (χ1v) is 40.7. The SMILES string of the molecule is C[Si]1(CCC2CC3CC2C2OC32)O[Si](C)(CCC2CC3CC2C2OC32)O[Si](C)(CCC2CC3CC2C2OC32)O[Si](C)(CCC2CC3CC2C2OC32)O[Si](C)(CCC2CC3CC2C2OC32)O1. The summed E-state index contributed by atoms with van der Waals surface area (Å²) in [7, 11) is -14.3. The third kappa shape index (κ3) is 6.99. The van der Waals surface area contributed by atoms with E-state index in [9.17, 15) is 0 Å². The molecule has 25 unspecified atom stereocenters. The highest BCUT2D eigenvalue weighted by Crippen LogP contribution is 2.65. The first-order chi connectivity index (χ1) is 31.3. The maximum atomic E-state index is 8.14. The molecule has 10 bridgehead atoms. The molecule has 0 aromatic heterocycles. The van der Waals surface area contributed by atoms with Crippen LogP contribution in [0, 0.1) is 88.8 Å². The quantitative estimate of drug-likeness (QED) is 0.116. The minimum atomic E-state index is -2.86. The molecule has 0 amide bonds. The van der Waals surface area contributed by atoms with Gasteiger partial charge in [-0.3, -0.25) is 0 Å². The third-order valence-corrected chi connectivity index (χ3v) is 46.4. The molecule has 25 atom stereocenters. The Morgan fingerprint density at radius 1 is 0.262 bits per heavy atom. The molecular weight excluding hydrogens is 901 g/mol. The predicted octanol–water partition coefficient (Wildman–Crippen LogP) is 9.51. The average Bonchev–Trinajstić information content (AvgIpc) is 4.26. The van der Waals surface area contributed by atoms with Gasteiger partial charge in [-0.25, -0.2) is 0 Å². The van der Waals surface area contributed by atoms with Crippen LogP contribution in [0.2, 0.25) is 63.0 Å². The molecular formula is C50H80O10Si5. The Kier molecular flexibility index (Phi) is 9.25. The third-order valence-electron chi connectivity index (χ3n) is 23.2. The fourth-order valence-corrected chi connectivity index (χ4v) is 50.0. The molecule has 10 saturated carbocycles. The molecule has 6 aliphatic heterocycles. The second-order valence-corrected chi connectivity index (χ2v) is 45.4. The number of rotatable bonds is 15. The second kappa shape index (κ2) is 14.2. The molecule has 15 heteroatoms.